The molecule has 1 unspecified atom stereocenters. The van der Waals surface area contributed by atoms with E-state index in [1.807, 2.05) is 0 Å². The first-order chi connectivity index (χ1) is 7.85. The molecule has 0 bridgehead atoms. The summed E-state index contributed by atoms with van der Waals surface area (Å²) in [7, 11) is 0. The molecule has 2 saturated carbocycles. The molecule has 0 aliphatic heterocycles. The van der Waals surface area contributed by atoms with Crippen molar-refractivity contribution in [1.82, 2.24) is 10.2 Å². The first kappa shape index (κ1) is 12.4. The van der Waals surface area contributed by atoms with Crippen LogP contribution in [0.5, 0.6) is 0 Å². The van der Waals surface area contributed by atoms with Crippen LogP contribution in [0.1, 0.15) is 52.4 Å². The highest BCUT2D eigenvalue weighted by atomic mass is 15.2. The largest absolute Gasteiger partial charge is 0.313 e. The van der Waals surface area contributed by atoms with E-state index in [0.717, 1.165) is 24.5 Å². The van der Waals surface area contributed by atoms with Crippen LogP contribution in [0.4, 0.5) is 0 Å². The predicted octanol–water partition coefficient (Wildman–Crippen LogP) is 2.64. The summed E-state index contributed by atoms with van der Waals surface area (Å²) in [4.78, 5) is 2.76. The van der Waals surface area contributed by atoms with Gasteiger partial charge < -0.3 is 5.32 Å². The van der Waals surface area contributed by atoms with Crippen molar-refractivity contribution in [1.29, 1.82) is 0 Å². The fourth-order valence-electron chi connectivity index (χ4n) is 2.62. The molecule has 2 aliphatic rings. The SMILES string of the molecule is CCCCN(CC(NCC)C1CC1)C1CC1. The lowest BCUT2D eigenvalue weighted by Crippen LogP contribution is -2.43. The Kier molecular flexibility index (Phi) is 4.66. The zero-order valence-electron chi connectivity index (χ0n) is 11.0. The second-order valence-corrected chi connectivity index (χ2v) is 5.58. The molecule has 94 valence electrons. The van der Waals surface area contributed by atoms with Crippen LogP contribution in [-0.2, 0) is 0 Å². The van der Waals surface area contributed by atoms with Gasteiger partial charge in [-0.15, -0.1) is 0 Å². The number of unbranched alkanes of at least 4 members (excludes halogenated alkanes) is 1. The average molecular weight is 224 g/mol. The van der Waals surface area contributed by atoms with Crippen LogP contribution in [-0.4, -0.2) is 36.6 Å². The standard InChI is InChI=1S/C14H28N2/c1-3-5-10-16(13-8-9-13)11-14(15-4-2)12-6-7-12/h12-15H,3-11H2,1-2H3. The van der Waals surface area contributed by atoms with Gasteiger partial charge in [0.15, 0.2) is 0 Å². The lowest BCUT2D eigenvalue weighted by molar-refractivity contribution is 0.220. The van der Waals surface area contributed by atoms with Crippen molar-refractivity contribution in [3.8, 4) is 0 Å². The minimum Gasteiger partial charge on any atom is -0.313 e. The van der Waals surface area contributed by atoms with Crippen molar-refractivity contribution in [2.24, 2.45) is 5.92 Å². The first-order valence-electron chi connectivity index (χ1n) is 7.32. The third-order valence-electron chi connectivity index (χ3n) is 3.95. The van der Waals surface area contributed by atoms with E-state index in [-0.39, 0.29) is 0 Å². The van der Waals surface area contributed by atoms with Crippen LogP contribution in [0.15, 0.2) is 0 Å². The third-order valence-corrected chi connectivity index (χ3v) is 3.95. The van der Waals surface area contributed by atoms with E-state index in [4.69, 9.17) is 0 Å². The number of likely N-dealkylation sites (N-methyl/N-ethyl adjacent to an activating group) is 1. The van der Waals surface area contributed by atoms with E-state index < -0.39 is 0 Å². The van der Waals surface area contributed by atoms with Gasteiger partial charge in [0, 0.05) is 18.6 Å². The second-order valence-electron chi connectivity index (χ2n) is 5.58. The molecule has 2 aliphatic carbocycles. The molecule has 1 N–H and O–H groups in total. The molecule has 0 aromatic carbocycles. The maximum Gasteiger partial charge on any atom is 0.0223 e. The van der Waals surface area contributed by atoms with Crippen LogP contribution >= 0.6 is 0 Å². The molecular weight excluding hydrogens is 196 g/mol. The monoisotopic (exact) mass is 224 g/mol. The number of hydrogen-bond acceptors (Lipinski definition) is 2. The van der Waals surface area contributed by atoms with Gasteiger partial charge in [0.05, 0.1) is 0 Å². The van der Waals surface area contributed by atoms with Crippen molar-refractivity contribution < 1.29 is 0 Å². The van der Waals surface area contributed by atoms with E-state index in [1.165, 1.54) is 51.6 Å². The zero-order chi connectivity index (χ0) is 11.4. The fourth-order valence-corrected chi connectivity index (χ4v) is 2.62. The molecule has 2 rings (SSSR count). The minimum absolute atomic E-state index is 0.780. The molecule has 0 aromatic heterocycles. The summed E-state index contributed by atoms with van der Waals surface area (Å²) in [5.41, 5.74) is 0. The molecular formula is C14H28N2. The maximum absolute atomic E-state index is 3.69. The molecule has 0 saturated heterocycles. The summed E-state index contributed by atoms with van der Waals surface area (Å²) >= 11 is 0. The molecule has 2 heteroatoms. The number of nitrogens with one attached hydrogen (secondary N) is 1. The Bertz CT molecular complexity index is 197. The van der Waals surface area contributed by atoms with Crippen LogP contribution in [0.25, 0.3) is 0 Å². The summed E-state index contributed by atoms with van der Waals surface area (Å²) in [6, 6.07) is 1.72. The van der Waals surface area contributed by atoms with E-state index in [2.05, 4.69) is 24.1 Å². The lowest BCUT2D eigenvalue weighted by Gasteiger charge is -2.28. The van der Waals surface area contributed by atoms with Crippen LogP contribution < -0.4 is 5.32 Å². The number of nitrogens with zero attached hydrogens (tertiary/aromatic N) is 1. The predicted molar refractivity (Wildman–Crippen MR) is 69.7 cm³/mol. The summed E-state index contributed by atoms with van der Waals surface area (Å²) in [5.74, 6) is 0.989. The first-order valence-corrected chi connectivity index (χ1v) is 7.32. The Labute approximate surface area is 101 Å². The summed E-state index contributed by atoms with van der Waals surface area (Å²) in [6.07, 6.45) is 8.53. The maximum atomic E-state index is 3.69. The van der Waals surface area contributed by atoms with Gasteiger partial charge in [-0.1, -0.05) is 20.3 Å². The quantitative estimate of drug-likeness (QED) is 0.648. The molecule has 1 atom stereocenters. The van der Waals surface area contributed by atoms with Crippen LogP contribution in [0, 0.1) is 5.92 Å². The van der Waals surface area contributed by atoms with E-state index >= 15 is 0 Å². The fraction of sp³-hybridized carbons (Fsp3) is 1.00. The second kappa shape index (κ2) is 6.02. The molecule has 2 nitrogen and oxygen atoms in total. The summed E-state index contributed by atoms with van der Waals surface area (Å²) < 4.78 is 0. The van der Waals surface area contributed by atoms with Crippen LogP contribution in [0.3, 0.4) is 0 Å². The van der Waals surface area contributed by atoms with E-state index in [0.29, 0.717) is 0 Å². The smallest absolute Gasteiger partial charge is 0.0223 e. The van der Waals surface area contributed by atoms with E-state index in [9.17, 15) is 0 Å². The Hall–Kier alpha value is -0.0800. The van der Waals surface area contributed by atoms with Crippen molar-refractivity contribution in [3.05, 3.63) is 0 Å². The van der Waals surface area contributed by atoms with Gasteiger partial charge in [-0.3, -0.25) is 4.90 Å². The van der Waals surface area contributed by atoms with Gasteiger partial charge in [0.1, 0.15) is 0 Å². The number of hydrogen-bond donors (Lipinski definition) is 1. The normalized spacial score (nSPS) is 22.7. The molecule has 16 heavy (non-hydrogen) atoms. The Balaban J connectivity index is 1.77. The molecule has 0 amide bonds. The van der Waals surface area contributed by atoms with E-state index in [1.54, 1.807) is 0 Å². The molecule has 0 radical (unpaired) electrons. The van der Waals surface area contributed by atoms with Gasteiger partial charge in [0.2, 0.25) is 0 Å². The van der Waals surface area contributed by atoms with Crippen LogP contribution in [0.2, 0.25) is 0 Å². The average Bonchev–Trinajstić information content (AvgIpc) is 3.16. The highest BCUT2D eigenvalue weighted by molar-refractivity contribution is 4.92. The molecule has 0 aromatic rings. The van der Waals surface area contributed by atoms with Crippen molar-refractivity contribution >= 4 is 0 Å². The lowest BCUT2D eigenvalue weighted by atomic mass is 10.1. The van der Waals surface area contributed by atoms with Gasteiger partial charge in [0.25, 0.3) is 0 Å². The van der Waals surface area contributed by atoms with Gasteiger partial charge >= 0.3 is 0 Å². The Morgan fingerprint density at radius 1 is 1.19 bits per heavy atom. The van der Waals surface area contributed by atoms with Gasteiger partial charge in [-0.25, -0.2) is 0 Å². The Morgan fingerprint density at radius 2 is 1.94 bits per heavy atom. The third kappa shape index (κ3) is 3.74. The van der Waals surface area contributed by atoms with Gasteiger partial charge in [-0.05, 0) is 51.1 Å². The topological polar surface area (TPSA) is 15.3 Å². The summed E-state index contributed by atoms with van der Waals surface area (Å²) in [5, 5.41) is 3.69. The molecule has 2 fully saturated rings. The Morgan fingerprint density at radius 3 is 2.44 bits per heavy atom. The minimum atomic E-state index is 0.780. The highest BCUT2D eigenvalue weighted by Gasteiger charge is 2.35. The zero-order valence-corrected chi connectivity index (χ0v) is 11.0. The molecule has 0 spiro atoms. The van der Waals surface area contributed by atoms with Crippen molar-refractivity contribution in [2.75, 3.05) is 19.6 Å². The summed E-state index contributed by atoms with van der Waals surface area (Å²) in [6.45, 7) is 8.31. The number of rotatable bonds is 9. The van der Waals surface area contributed by atoms with Gasteiger partial charge in [-0.2, -0.15) is 0 Å². The molecule has 0 heterocycles. The van der Waals surface area contributed by atoms with Crippen molar-refractivity contribution in [3.63, 3.8) is 0 Å². The highest BCUT2D eigenvalue weighted by Crippen LogP contribution is 2.35. The van der Waals surface area contributed by atoms with Crippen molar-refractivity contribution in [2.45, 2.75) is 64.5 Å².